The van der Waals surface area contributed by atoms with E-state index in [1.165, 1.54) is 12.5 Å². The highest BCUT2D eigenvalue weighted by Crippen LogP contribution is 2.45. The van der Waals surface area contributed by atoms with Gasteiger partial charge in [0.2, 0.25) is 0 Å². The molecule has 1 atom stereocenters. The van der Waals surface area contributed by atoms with Crippen LogP contribution in [0.2, 0.25) is 0 Å². The number of thioether (sulfide) groups is 2. The van der Waals surface area contributed by atoms with Crippen molar-refractivity contribution in [3.8, 4) is 0 Å². The Morgan fingerprint density at radius 3 is 2.33 bits per heavy atom. The van der Waals surface area contributed by atoms with Gasteiger partial charge < -0.3 is 10.1 Å². The third-order valence-corrected chi connectivity index (χ3v) is 7.72. The van der Waals surface area contributed by atoms with Gasteiger partial charge >= 0.3 is 12.0 Å². The van der Waals surface area contributed by atoms with Crippen molar-refractivity contribution in [2.45, 2.75) is 49.3 Å². The van der Waals surface area contributed by atoms with Crippen molar-refractivity contribution in [1.29, 1.82) is 0 Å². The lowest BCUT2D eigenvalue weighted by atomic mass is 10.1. The molecule has 0 bridgehead atoms. The molecule has 1 aliphatic carbocycles. The quantitative estimate of drug-likeness (QED) is 0.726. The first-order valence-electron chi connectivity index (χ1n) is 9.18. The number of esters is 1. The molecule has 0 spiro atoms. The lowest BCUT2D eigenvalue weighted by Crippen LogP contribution is -2.47. The van der Waals surface area contributed by atoms with Gasteiger partial charge in [-0.3, -0.25) is 10.1 Å². The smallest absolute Gasteiger partial charge is 0.338 e. The van der Waals surface area contributed by atoms with Crippen LogP contribution in [0, 0.1) is 0 Å². The standard InChI is InChI=1S/C19H24N2O4S2/c1-12(16(22)21-19(24)20-15-4-2-3-5-15)25-17(23)13-6-8-14(9-7-13)18-26-10-11-27-18/h6-9,12,15,18H,2-5,10-11H2,1H3,(H2,20,21,22,24)/t12-/m1/s1. The van der Waals surface area contributed by atoms with Crippen molar-refractivity contribution < 1.29 is 19.1 Å². The van der Waals surface area contributed by atoms with Crippen LogP contribution in [0.4, 0.5) is 4.79 Å². The van der Waals surface area contributed by atoms with Crippen LogP contribution in [-0.4, -0.2) is 41.6 Å². The Labute approximate surface area is 167 Å². The highest BCUT2D eigenvalue weighted by molar-refractivity contribution is 8.19. The number of imide groups is 1. The van der Waals surface area contributed by atoms with Gasteiger partial charge in [-0.25, -0.2) is 9.59 Å². The highest BCUT2D eigenvalue weighted by Gasteiger charge is 2.24. The summed E-state index contributed by atoms with van der Waals surface area (Å²) in [5.74, 6) is 1.07. The van der Waals surface area contributed by atoms with Crippen LogP contribution >= 0.6 is 23.5 Å². The summed E-state index contributed by atoms with van der Waals surface area (Å²) in [6, 6.07) is 6.86. The minimum absolute atomic E-state index is 0.116. The number of benzene rings is 1. The van der Waals surface area contributed by atoms with E-state index in [1.54, 1.807) is 12.1 Å². The van der Waals surface area contributed by atoms with E-state index < -0.39 is 24.0 Å². The number of nitrogens with one attached hydrogen (secondary N) is 2. The molecule has 2 aliphatic rings. The fraction of sp³-hybridized carbons (Fsp3) is 0.526. The second-order valence-electron chi connectivity index (χ2n) is 6.69. The van der Waals surface area contributed by atoms with E-state index in [0.29, 0.717) is 10.1 Å². The second-order valence-corrected chi connectivity index (χ2v) is 9.41. The van der Waals surface area contributed by atoms with Crippen molar-refractivity contribution in [1.82, 2.24) is 10.6 Å². The first kappa shape index (κ1) is 20.1. The van der Waals surface area contributed by atoms with Gasteiger partial charge in [0.05, 0.1) is 10.1 Å². The highest BCUT2D eigenvalue weighted by atomic mass is 32.2. The fourth-order valence-electron chi connectivity index (χ4n) is 3.11. The average Bonchev–Trinajstić information content (AvgIpc) is 3.35. The van der Waals surface area contributed by atoms with Crippen LogP contribution in [0.5, 0.6) is 0 Å². The molecule has 27 heavy (non-hydrogen) atoms. The topological polar surface area (TPSA) is 84.5 Å². The van der Waals surface area contributed by atoms with E-state index in [9.17, 15) is 14.4 Å². The lowest BCUT2D eigenvalue weighted by molar-refractivity contribution is -0.127. The van der Waals surface area contributed by atoms with Crippen molar-refractivity contribution in [3.63, 3.8) is 0 Å². The Balaban J connectivity index is 1.47. The molecule has 1 saturated heterocycles. The van der Waals surface area contributed by atoms with E-state index >= 15 is 0 Å². The van der Waals surface area contributed by atoms with Crippen LogP contribution in [0.15, 0.2) is 24.3 Å². The summed E-state index contributed by atoms with van der Waals surface area (Å²) in [6.07, 6.45) is 2.99. The molecule has 0 radical (unpaired) electrons. The molecule has 8 heteroatoms. The fourth-order valence-corrected chi connectivity index (χ4v) is 5.97. The molecule has 1 heterocycles. The normalized spacial score (nSPS) is 18.9. The summed E-state index contributed by atoms with van der Waals surface area (Å²) in [6.45, 7) is 1.45. The molecule has 3 amide bonds. The number of ether oxygens (including phenoxy) is 1. The SMILES string of the molecule is C[C@@H](OC(=O)c1ccc(C2SCCS2)cc1)C(=O)NC(=O)NC1CCCC1. The Morgan fingerprint density at radius 2 is 1.70 bits per heavy atom. The zero-order valence-corrected chi connectivity index (χ0v) is 16.9. The zero-order valence-electron chi connectivity index (χ0n) is 15.2. The number of hydrogen-bond donors (Lipinski definition) is 2. The van der Waals surface area contributed by atoms with Gasteiger partial charge in [-0.1, -0.05) is 25.0 Å². The number of carbonyl (C=O) groups is 3. The molecule has 1 saturated carbocycles. The first-order chi connectivity index (χ1) is 13.0. The summed E-state index contributed by atoms with van der Waals surface area (Å²) in [5, 5.41) is 5.01. The number of amides is 3. The number of rotatable bonds is 5. The largest absolute Gasteiger partial charge is 0.449 e. The van der Waals surface area contributed by atoms with Gasteiger partial charge in [0.15, 0.2) is 6.10 Å². The zero-order chi connectivity index (χ0) is 19.2. The minimum atomic E-state index is -1.05. The molecule has 0 aromatic heterocycles. The summed E-state index contributed by atoms with van der Waals surface area (Å²) >= 11 is 3.79. The summed E-state index contributed by atoms with van der Waals surface area (Å²) in [7, 11) is 0. The first-order valence-corrected chi connectivity index (χ1v) is 11.3. The Morgan fingerprint density at radius 1 is 1.07 bits per heavy atom. The minimum Gasteiger partial charge on any atom is -0.449 e. The molecule has 146 valence electrons. The van der Waals surface area contributed by atoms with Gasteiger partial charge in [-0.2, -0.15) is 0 Å². The average molecular weight is 409 g/mol. The summed E-state index contributed by atoms with van der Waals surface area (Å²) in [5.41, 5.74) is 1.57. The van der Waals surface area contributed by atoms with Crippen molar-refractivity contribution in [2.75, 3.05) is 11.5 Å². The van der Waals surface area contributed by atoms with E-state index in [1.807, 2.05) is 35.7 Å². The molecular weight excluding hydrogens is 384 g/mol. The van der Waals surface area contributed by atoms with Crippen LogP contribution in [0.1, 0.15) is 53.1 Å². The molecule has 3 rings (SSSR count). The maximum absolute atomic E-state index is 12.2. The molecule has 1 aliphatic heterocycles. The molecule has 1 aromatic carbocycles. The van der Waals surface area contributed by atoms with Crippen molar-refractivity contribution >= 4 is 41.4 Å². The van der Waals surface area contributed by atoms with Gasteiger partial charge in [-0.15, -0.1) is 23.5 Å². The van der Waals surface area contributed by atoms with E-state index in [2.05, 4.69) is 10.6 Å². The number of hydrogen-bond acceptors (Lipinski definition) is 6. The second kappa shape index (κ2) is 9.50. The maximum Gasteiger partial charge on any atom is 0.338 e. The monoisotopic (exact) mass is 408 g/mol. The molecule has 6 nitrogen and oxygen atoms in total. The van der Waals surface area contributed by atoms with Gasteiger partial charge in [0.1, 0.15) is 0 Å². The predicted molar refractivity (Wildman–Crippen MR) is 108 cm³/mol. The predicted octanol–water partition coefficient (Wildman–Crippen LogP) is 3.48. The summed E-state index contributed by atoms with van der Waals surface area (Å²) < 4.78 is 5.61. The third kappa shape index (κ3) is 5.65. The third-order valence-electron chi connectivity index (χ3n) is 4.62. The van der Waals surface area contributed by atoms with Crippen molar-refractivity contribution in [2.24, 2.45) is 0 Å². The van der Waals surface area contributed by atoms with Crippen molar-refractivity contribution in [3.05, 3.63) is 35.4 Å². The van der Waals surface area contributed by atoms with Crippen LogP contribution < -0.4 is 10.6 Å². The molecule has 1 aromatic rings. The van der Waals surface area contributed by atoms with E-state index in [0.717, 1.165) is 37.2 Å². The van der Waals surface area contributed by atoms with Gasteiger partial charge in [-0.05, 0) is 37.5 Å². The van der Waals surface area contributed by atoms with Crippen LogP contribution in [0.25, 0.3) is 0 Å². The summed E-state index contributed by atoms with van der Waals surface area (Å²) in [4.78, 5) is 36.2. The van der Waals surface area contributed by atoms with Gasteiger partial charge in [0, 0.05) is 17.5 Å². The Hall–Kier alpha value is -1.67. The Kier molecular flexibility index (Phi) is 7.07. The number of carbonyl (C=O) groups excluding carboxylic acids is 3. The van der Waals surface area contributed by atoms with E-state index in [4.69, 9.17) is 4.74 Å². The number of urea groups is 1. The molecule has 2 fully saturated rings. The molecule has 2 N–H and O–H groups in total. The molecule has 0 unspecified atom stereocenters. The maximum atomic E-state index is 12.2. The van der Waals surface area contributed by atoms with Gasteiger partial charge in [0.25, 0.3) is 5.91 Å². The van der Waals surface area contributed by atoms with Crippen LogP contribution in [-0.2, 0) is 9.53 Å². The van der Waals surface area contributed by atoms with E-state index in [-0.39, 0.29) is 6.04 Å². The van der Waals surface area contributed by atoms with Crippen LogP contribution in [0.3, 0.4) is 0 Å². The lowest BCUT2D eigenvalue weighted by Gasteiger charge is -2.16. The molecular formula is C19H24N2O4S2. The Bertz CT molecular complexity index is 683.